The van der Waals surface area contributed by atoms with E-state index in [1.807, 2.05) is 47.7 Å². The molecule has 4 heteroatoms. The number of aromatic nitrogens is 3. The maximum Gasteiger partial charge on any atom is 0.164 e. The molecule has 1 aliphatic carbocycles. The fraction of sp³-hybridized carbons (Fsp3) is 0.0200. The van der Waals surface area contributed by atoms with Gasteiger partial charge in [0.2, 0.25) is 0 Å². The number of nitrogens with zero attached hydrogens (tertiary/aromatic N) is 3. The first-order chi connectivity index (χ1) is 26.8. The lowest BCUT2D eigenvalue weighted by Gasteiger charge is -2.34. The summed E-state index contributed by atoms with van der Waals surface area (Å²) in [5, 5.41) is 4.90. The fourth-order valence-corrected chi connectivity index (χ4v) is 9.88. The Balaban J connectivity index is 1.17. The van der Waals surface area contributed by atoms with E-state index in [0.29, 0.717) is 17.5 Å². The monoisotopic (exact) mass is 705 g/mol. The van der Waals surface area contributed by atoms with Gasteiger partial charge in [-0.15, -0.1) is 11.3 Å². The minimum absolute atomic E-state index is 0.509. The average molecular weight is 706 g/mol. The van der Waals surface area contributed by atoms with E-state index in [-0.39, 0.29) is 0 Å². The molecular weight excluding hydrogens is 675 g/mol. The lowest BCUT2D eigenvalue weighted by atomic mass is 9.66. The molecule has 0 bridgehead atoms. The first kappa shape index (κ1) is 30.8. The Labute approximate surface area is 316 Å². The van der Waals surface area contributed by atoms with Gasteiger partial charge >= 0.3 is 0 Å². The van der Waals surface area contributed by atoms with Crippen LogP contribution in [0.1, 0.15) is 22.3 Å². The van der Waals surface area contributed by atoms with Crippen LogP contribution < -0.4 is 0 Å². The second-order valence-electron chi connectivity index (χ2n) is 13.9. The SMILES string of the molecule is c1ccc(-c2nc(-c3ccccc3)nc(-c3cccc4sc5cc(C6(c7ccccc7)c7ccccc7-c7ccc8ccccc8c76)ccc5c34)n2)cc1. The summed E-state index contributed by atoms with van der Waals surface area (Å²) >= 11 is 1.83. The summed E-state index contributed by atoms with van der Waals surface area (Å²) in [6.07, 6.45) is 0. The predicted molar refractivity (Wildman–Crippen MR) is 224 cm³/mol. The van der Waals surface area contributed by atoms with Crippen molar-refractivity contribution < 1.29 is 0 Å². The van der Waals surface area contributed by atoms with Crippen LogP contribution in [0.4, 0.5) is 0 Å². The molecule has 0 N–H and O–H groups in total. The highest BCUT2D eigenvalue weighted by molar-refractivity contribution is 7.26. The molecule has 0 fully saturated rings. The number of fused-ring (bicyclic) bond motifs is 8. The Morgan fingerprint density at radius 1 is 0.389 bits per heavy atom. The molecule has 11 rings (SSSR count). The normalized spacial score (nSPS) is 14.7. The molecule has 8 aromatic carbocycles. The summed E-state index contributed by atoms with van der Waals surface area (Å²) in [6.45, 7) is 0. The number of hydrogen-bond donors (Lipinski definition) is 0. The third kappa shape index (κ3) is 4.57. The zero-order valence-corrected chi connectivity index (χ0v) is 30.0. The highest BCUT2D eigenvalue weighted by Crippen LogP contribution is 2.58. The molecule has 1 unspecified atom stereocenters. The average Bonchev–Trinajstić information content (AvgIpc) is 3.78. The maximum absolute atomic E-state index is 5.13. The van der Waals surface area contributed by atoms with E-state index in [0.717, 1.165) is 16.7 Å². The number of thiophene rings is 1. The second-order valence-corrected chi connectivity index (χ2v) is 15.0. The zero-order valence-electron chi connectivity index (χ0n) is 29.1. The Kier molecular flexibility index (Phi) is 6.94. The highest BCUT2D eigenvalue weighted by atomic mass is 32.1. The molecule has 10 aromatic rings. The van der Waals surface area contributed by atoms with Crippen molar-refractivity contribution >= 4 is 42.3 Å². The summed E-state index contributed by atoms with van der Waals surface area (Å²) in [4.78, 5) is 15.2. The van der Waals surface area contributed by atoms with Gasteiger partial charge in [0.25, 0.3) is 0 Å². The predicted octanol–water partition coefficient (Wildman–Crippen LogP) is 12.8. The van der Waals surface area contributed by atoms with E-state index < -0.39 is 5.41 Å². The van der Waals surface area contributed by atoms with Gasteiger partial charge in [-0.1, -0.05) is 176 Å². The molecule has 1 aliphatic rings. The number of benzene rings is 8. The topological polar surface area (TPSA) is 38.7 Å². The minimum atomic E-state index is -0.509. The van der Waals surface area contributed by atoms with Crippen LogP contribution in [0.5, 0.6) is 0 Å². The maximum atomic E-state index is 5.13. The van der Waals surface area contributed by atoms with Crippen LogP contribution in [0, 0.1) is 0 Å². The van der Waals surface area contributed by atoms with Crippen molar-refractivity contribution in [2.45, 2.75) is 5.41 Å². The van der Waals surface area contributed by atoms with E-state index >= 15 is 0 Å². The molecule has 0 spiro atoms. The Morgan fingerprint density at radius 3 is 1.78 bits per heavy atom. The number of hydrogen-bond acceptors (Lipinski definition) is 4. The quantitative estimate of drug-likeness (QED) is 0.179. The molecule has 2 aromatic heterocycles. The first-order valence-corrected chi connectivity index (χ1v) is 19.1. The van der Waals surface area contributed by atoms with Crippen LogP contribution in [0.2, 0.25) is 0 Å². The number of rotatable bonds is 5. The van der Waals surface area contributed by atoms with Crippen LogP contribution in [-0.4, -0.2) is 15.0 Å². The molecular formula is C50H31N3S. The van der Waals surface area contributed by atoms with Gasteiger partial charge in [0.15, 0.2) is 17.5 Å². The van der Waals surface area contributed by atoms with Crippen LogP contribution in [0.3, 0.4) is 0 Å². The van der Waals surface area contributed by atoms with E-state index in [1.54, 1.807) is 0 Å². The lowest BCUT2D eigenvalue weighted by molar-refractivity contribution is 0.777. The third-order valence-electron chi connectivity index (χ3n) is 11.0. The van der Waals surface area contributed by atoms with Gasteiger partial charge in [0, 0.05) is 36.9 Å². The van der Waals surface area contributed by atoms with Crippen LogP contribution in [0.25, 0.3) is 76.2 Å². The van der Waals surface area contributed by atoms with Gasteiger partial charge in [0.1, 0.15) is 0 Å². The minimum Gasteiger partial charge on any atom is -0.208 e. The van der Waals surface area contributed by atoms with E-state index in [4.69, 9.17) is 15.0 Å². The summed E-state index contributed by atoms with van der Waals surface area (Å²) in [5.74, 6) is 1.99. The molecule has 1 atom stereocenters. The lowest BCUT2D eigenvalue weighted by Crippen LogP contribution is -2.28. The van der Waals surface area contributed by atoms with Crippen molar-refractivity contribution in [1.82, 2.24) is 15.0 Å². The van der Waals surface area contributed by atoms with Crippen LogP contribution in [0.15, 0.2) is 188 Å². The molecule has 2 heterocycles. The van der Waals surface area contributed by atoms with Crippen LogP contribution >= 0.6 is 11.3 Å². The Morgan fingerprint density at radius 2 is 1.02 bits per heavy atom. The summed E-state index contributed by atoms with van der Waals surface area (Å²) in [5.41, 5.74) is 10.2. The molecule has 252 valence electrons. The Hall–Kier alpha value is -6.75. The molecule has 0 saturated heterocycles. The summed E-state index contributed by atoms with van der Waals surface area (Å²) < 4.78 is 2.44. The summed E-state index contributed by atoms with van der Waals surface area (Å²) in [6, 6.07) is 67.5. The van der Waals surface area contributed by atoms with Crippen molar-refractivity contribution in [1.29, 1.82) is 0 Å². The smallest absolute Gasteiger partial charge is 0.164 e. The third-order valence-corrected chi connectivity index (χ3v) is 12.1. The van der Waals surface area contributed by atoms with Gasteiger partial charge < -0.3 is 0 Å². The van der Waals surface area contributed by atoms with Crippen molar-refractivity contribution in [2.24, 2.45) is 0 Å². The first-order valence-electron chi connectivity index (χ1n) is 18.3. The zero-order chi connectivity index (χ0) is 35.6. The van der Waals surface area contributed by atoms with Gasteiger partial charge in [0.05, 0.1) is 5.41 Å². The van der Waals surface area contributed by atoms with Crippen molar-refractivity contribution in [3.63, 3.8) is 0 Å². The summed E-state index contributed by atoms with van der Waals surface area (Å²) in [7, 11) is 0. The molecule has 0 aliphatic heterocycles. The second kappa shape index (κ2) is 12.2. The standard InChI is InChI=1S/C50H31N3S/c1-4-16-33(17-5-1)47-51-48(34-18-6-2-7-19-34)53-49(52-47)41-24-14-26-43-45(41)40-30-28-36(31-44(40)54-43)50(35-20-8-3-9-21-35)42-25-13-12-23-38(42)39-29-27-32-15-10-11-22-37(32)46(39)50/h1-31H. The van der Waals surface area contributed by atoms with Gasteiger partial charge in [-0.05, 0) is 56.3 Å². The van der Waals surface area contributed by atoms with Gasteiger partial charge in [-0.25, -0.2) is 15.0 Å². The van der Waals surface area contributed by atoms with Crippen molar-refractivity contribution in [3.05, 3.63) is 210 Å². The Bertz CT molecular complexity index is 2990. The van der Waals surface area contributed by atoms with Crippen LogP contribution in [-0.2, 0) is 5.41 Å². The van der Waals surface area contributed by atoms with Crippen molar-refractivity contribution in [3.8, 4) is 45.3 Å². The molecule has 0 radical (unpaired) electrons. The molecule has 0 saturated carbocycles. The fourth-order valence-electron chi connectivity index (χ4n) is 8.71. The largest absolute Gasteiger partial charge is 0.208 e. The molecule has 3 nitrogen and oxygen atoms in total. The van der Waals surface area contributed by atoms with E-state index in [1.165, 1.54) is 64.3 Å². The highest BCUT2D eigenvalue weighted by Gasteiger charge is 2.47. The van der Waals surface area contributed by atoms with E-state index in [2.05, 4.69) is 152 Å². The van der Waals surface area contributed by atoms with Gasteiger partial charge in [-0.2, -0.15) is 0 Å². The van der Waals surface area contributed by atoms with E-state index in [9.17, 15) is 0 Å². The van der Waals surface area contributed by atoms with Crippen molar-refractivity contribution in [2.75, 3.05) is 0 Å². The molecule has 0 amide bonds. The molecule has 54 heavy (non-hydrogen) atoms. The van der Waals surface area contributed by atoms with Gasteiger partial charge in [-0.3, -0.25) is 0 Å².